The van der Waals surface area contributed by atoms with Gasteiger partial charge in [-0.25, -0.2) is 13.2 Å². The van der Waals surface area contributed by atoms with E-state index in [1.807, 2.05) is 0 Å². The highest BCUT2D eigenvalue weighted by Gasteiger charge is 2.10. The zero-order valence-corrected chi connectivity index (χ0v) is 9.01. The van der Waals surface area contributed by atoms with Gasteiger partial charge in [0.05, 0.1) is 5.69 Å². The molecule has 0 spiro atoms. The molecule has 0 heterocycles. The topological polar surface area (TPSA) is 29.1 Å². The molecule has 0 fully saturated rings. The van der Waals surface area contributed by atoms with E-state index in [9.17, 15) is 18.0 Å². The zero-order chi connectivity index (χ0) is 12.8. The van der Waals surface area contributed by atoms with Crippen LogP contribution in [0.2, 0.25) is 0 Å². The monoisotopic (exact) mass is 241 g/mol. The highest BCUT2D eigenvalue weighted by molar-refractivity contribution is 5.99. The van der Waals surface area contributed by atoms with E-state index in [1.54, 1.807) is 19.1 Å². The number of carbonyl (C=O) groups excluding carboxylic acids is 1. The SMILES string of the molecule is C/C=C/C=C/C(=O)Nc1cc(F)c(F)cc1F. The van der Waals surface area contributed by atoms with Crippen LogP contribution in [0.15, 0.2) is 36.4 Å². The van der Waals surface area contributed by atoms with Crippen molar-refractivity contribution in [3.05, 3.63) is 53.9 Å². The minimum absolute atomic E-state index is 0.376. The van der Waals surface area contributed by atoms with E-state index in [0.717, 1.165) is 6.08 Å². The van der Waals surface area contributed by atoms with Crippen LogP contribution < -0.4 is 5.32 Å². The second-order valence-electron chi connectivity index (χ2n) is 3.12. The maximum atomic E-state index is 13.1. The van der Waals surface area contributed by atoms with Gasteiger partial charge in [-0.3, -0.25) is 4.79 Å². The molecule has 0 atom stereocenters. The van der Waals surface area contributed by atoms with Crippen molar-refractivity contribution < 1.29 is 18.0 Å². The van der Waals surface area contributed by atoms with Crippen molar-refractivity contribution in [2.75, 3.05) is 5.32 Å². The number of amides is 1. The summed E-state index contributed by atoms with van der Waals surface area (Å²) in [6, 6.07) is 0.965. The number of benzene rings is 1. The first-order chi connectivity index (χ1) is 8.04. The van der Waals surface area contributed by atoms with Gasteiger partial charge >= 0.3 is 0 Å². The maximum Gasteiger partial charge on any atom is 0.248 e. The molecule has 1 aromatic rings. The minimum atomic E-state index is -1.30. The van der Waals surface area contributed by atoms with Gasteiger partial charge in [0.25, 0.3) is 0 Å². The molecule has 0 aromatic heterocycles. The lowest BCUT2D eigenvalue weighted by atomic mass is 10.2. The molecule has 90 valence electrons. The third-order valence-electron chi connectivity index (χ3n) is 1.82. The van der Waals surface area contributed by atoms with Gasteiger partial charge in [0, 0.05) is 18.2 Å². The molecule has 0 radical (unpaired) electrons. The van der Waals surface area contributed by atoms with E-state index in [0.29, 0.717) is 12.1 Å². The summed E-state index contributed by atoms with van der Waals surface area (Å²) < 4.78 is 38.5. The van der Waals surface area contributed by atoms with Gasteiger partial charge in [-0.05, 0) is 6.92 Å². The summed E-state index contributed by atoms with van der Waals surface area (Å²) in [5, 5.41) is 2.10. The van der Waals surface area contributed by atoms with Crippen molar-refractivity contribution >= 4 is 11.6 Å². The van der Waals surface area contributed by atoms with Gasteiger partial charge in [-0.1, -0.05) is 18.2 Å². The summed E-state index contributed by atoms with van der Waals surface area (Å²) >= 11 is 0. The number of hydrogen-bond donors (Lipinski definition) is 1. The molecule has 1 rings (SSSR count). The molecule has 17 heavy (non-hydrogen) atoms. The summed E-state index contributed by atoms with van der Waals surface area (Å²) in [5.41, 5.74) is -0.404. The summed E-state index contributed by atoms with van der Waals surface area (Å²) in [5.74, 6) is -4.19. The van der Waals surface area contributed by atoms with Gasteiger partial charge in [0.1, 0.15) is 5.82 Å². The van der Waals surface area contributed by atoms with Gasteiger partial charge in [0.15, 0.2) is 11.6 Å². The predicted octanol–water partition coefficient (Wildman–Crippen LogP) is 3.17. The molecule has 5 heteroatoms. The highest BCUT2D eigenvalue weighted by Crippen LogP contribution is 2.18. The molecule has 1 N–H and O–H groups in total. The van der Waals surface area contributed by atoms with E-state index >= 15 is 0 Å². The molecule has 0 unspecified atom stereocenters. The van der Waals surface area contributed by atoms with Crippen molar-refractivity contribution in [3.63, 3.8) is 0 Å². The molecule has 2 nitrogen and oxygen atoms in total. The number of anilines is 1. The smallest absolute Gasteiger partial charge is 0.248 e. The second-order valence-corrected chi connectivity index (χ2v) is 3.12. The van der Waals surface area contributed by atoms with Crippen LogP contribution in [0.5, 0.6) is 0 Å². The molecular formula is C12H10F3NO. The van der Waals surface area contributed by atoms with Crippen molar-refractivity contribution in [2.24, 2.45) is 0 Å². The molecule has 1 amide bonds. The average Bonchev–Trinajstić information content (AvgIpc) is 2.26. The highest BCUT2D eigenvalue weighted by atomic mass is 19.2. The molecule has 0 bridgehead atoms. The number of rotatable bonds is 3. The van der Waals surface area contributed by atoms with Crippen LogP contribution in [0.1, 0.15) is 6.92 Å². The van der Waals surface area contributed by atoms with E-state index in [4.69, 9.17) is 0 Å². The molecule has 0 saturated carbocycles. The number of halogens is 3. The Balaban J connectivity index is 2.82. The molecule has 0 saturated heterocycles. The van der Waals surface area contributed by atoms with E-state index in [1.165, 1.54) is 6.08 Å². The van der Waals surface area contributed by atoms with Crippen molar-refractivity contribution in [3.8, 4) is 0 Å². The minimum Gasteiger partial charge on any atom is -0.320 e. The largest absolute Gasteiger partial charge is 0.320 e. The summed E-state index contributed by atoms with van der Waals surface area (Å²) in [6.07, 6.45) is 5.87. The maximum absolute atomic E-state index is 13.1. The lowest BCUT2D eigenvalue weighted by Crippen LogP contribution is -2.10. The van der Waals surface area contributed by atoms with E-state index < -0.39 is 29.0 Å². The first kappa shape index (κ1) is 13.0. The van der Waals surface area contributed by atoms with Crippen LogP contribution in [0.4, 0.5) is 18.9 Å². The normalized spacial score (nSPS) is 11.3. The molecule has 0 aliphatic carbocycles. The number of carbonyl (C=O) groups is 1. The standard InChI is InChI=1S/C12H10F3NO/c1-2-3-4-5-12(17)16-11-7-9(14)8(13)6-10(11)15/h2-7H,1H3,(H,16,17)/b3-2+,5-4+. The Kier molecular flexibility index (Phi) is 4.51. The van der Waals surface area contributed by atoms with Crippen LogP contribution in [0, 0.1) is 17.5 Å². The van der Waals surface area contributed by atoms with Crippen LogP contribution >= 0.6 is 0 Å². The van der Waals surface area contributed by atoms with E-state index in [-0.39, 0.29) is 0 Å². The second kappa shape index (κ2) is 5.89. The van der Waals surface area contributed by atoms with Gasteiger partial charge in [-0.15, -0.1) is 0 Å². The first-order valence-electron chi connectivity index (χ1n) is 4.79. The fraction of sp³-hybridized carbons (Fsp3) is 0.0833. The Bertz CT molecular complexity index is 481. The Morgan fingerprint density at radius 3 is 2.41 bits per heavy atom. The number of hydrogen-bond acceptors (Lipinski definition) is 1. The molecule has 1 aromatic carbocycles. The fourth-order valence-electron chi connectivity index (χ4n) is 1.05. The van der Waals surface area contributed by atoms with Crippen LogP contribution in [-0.2, 0) is 4.79 Å². The summed E-state index contributed by atoms with van der Waals surface area (Å²) in [4.78, 5) is 11.2. The average molecular weight is 241 g/mol. The van der Waals surface area contributed by atoms with Crippen molar-refractivity contribution in [2.45, 2.75) is 6.92 Å². The Morgan fingerprint density at radius 1 is 1.12 bits per heavy atom. The van der Waals surface area contributed by atoms with Crippen LogP contribution in [0.3, 0.4) is 0 Å². The molecule has 0 aliphatic heterocycles. The van der Waals surface area contributed by atoms with Crippen LogP contribution in [-0.4, -0.2) is 5.91 Å². The van der Waals surface area contributed by atoms with Crippen molar-refractivity contribution in [1.29, 1.82) is 0 Å². The van der Waals surface area contributed by atoms with Crippen LogP contribution in [0.25, 0.3) is 0 Å². The number of nitrogens with one attached hydrogen (secondary N) is 1. The predicted molar refractivity (Wildman–Crippen MR) is 58.9 cm³/mol. The lowest BCUT2D eigenvalue weighted by molar-refractivity contribution is -0.111. The summed E-state index contributed by atoms with van der Waals surface area (Å²) in [6.45, 7) is 1.76. The fourth-order valence-corrected chi connectivity index (χ4v) is 1.05. The zero-order valence-electron chi connectivity index (χ0n) is 9.01. The van der Waals surface area contributed by atoms with Gasteiger partial charge in [0.2, 0.25) is 5.91 Å². The molecule has 0 aliphatic rings. The quantitative estimate of drug-likeness (QED) is 0.491. The Hall–Kier alpha value is -2.04. The molecular weight excluding hydrogens is 231 g/mol. The van der Waals surface area contributed by atoms with Crippen molar-refractivity contribution in [1.82, 2.24) is 0 Å². The third-order valence-corrected chi connectivity index (χ3v) is 1.82. The van der Waals surface area contributed by atoms with E-state index in [2.05, 4.69) is 5.32 Å². The Labute approximate surface area is 96.4 Å². The first-order valence-corrected chi connectivity index (χ1v) is 4.79. The Morgan fingerprint density at radius 2 is 1.76 bits per heavy atom. The number of allylic oxidation sites excluding steroid dienone is 3. The lowest BCUT2D eigenvalue weighted by Gasteiger charge is -2.04. The summed E-state index contributed by atoms with van der Waals surface area (Å²) in [7, 11) is 0. The third kappa shape index (κ3) is 3.79. The van der Waals surface area contributed by atoms with Gasteiger partial charge < -0.3 is 5.32 Å². The van der Waals surface area contributed by atoms with Gasteiger partial charge in [-0.2, -0.15) is 0 Å².